The molecule has 0 spiro atoms. The van der Waals surface area contributed by atoms with Crippen molar-refractivity contribution in [2.75, 3.05) is 20.8 Å². The molecule has 3 nitrogen and oxygen atoms in total. The van der Waals surface area contributed by atoms with Crippen LogP contribution >= 0.6 is 15.9 Å². The molecule has 0 bridgehead atoms. The molecule has 0 radical (unpaired) electrons. The molecule has 0 amide bonds. The van der Waals surface area contributed by atoms with Gasteiger partial charge in [-0.15, -0.1) is 0 Å². The summed E-state index contributed by atoms with van der Waals surface area (Å²) in [7, 11) is 3.28. The molecule has 0 aromatic heterocycles. The number of halogens is 1. The number of nitrogens with one attached hydrogen (secondary N) is 1. The average molecular weight is 288 g/mol. The van der Waals surface area contributed by atoms with Gasteiger partial charge in [0.1, 0.15) is 0 Å². The predicted octanol–water partition coefficient (Wildman–Crippen LogP) is 2.47. The molecule has 1 N–H and O–H groups in total. The molecule has 16 heavy (non-hydrogen) atoms. The van der Waals surface area contributed by atoms with E-state index in [1.165, 1.54) is 11.1 Å². The van der Waals surface area contributed by atoms with Gasteiger partial charge in [-0.2, -0.15) is 0 Å². The lowest BCUT2D eigenvalue weighted by Crippen LogP contribution is -2.29. The Hall–Kier alpha value is -0.420. The van der Waals surface area contributed by atoms with Crippen LogP contribution in [0.25, 0.3) is 0 Å². The molecule has 0 atom stereocenters. The third kappa shape index (κ3) is 4.61. The fourth-order valence-corrected chi connectivity index (χ4v) is 2.17. The van der Waals surface area contributed by atoms with E-state index in [0.29, 0.717) is 6.54 Å². The third-order valence-electron chi connectivity index (χ3n) is 2.27. The van der Waals surface area contributed by atoms with Crippen molar-refractivity contribution in [2.45, 2.75) is 19.8 Å². The van der Waals surface area contributed by atoms with E-state index in [2.05, 4.69) is 46.4 Å². The lowest BCUT2D eigenvalue weighted by atomic mass is 10.1. The number of benzene rings is 1. The highest BCUT2D eigenvalue weighted by molar-refractivity contribution is 9.10. The van der Waals surface area contributed by atoms with Crippen molar-refractivity contribution >= 4 is 15.9 Å². The second-order valence-corrected chi connectivity index (χ2v) is 4.58. The van der Waals surface area contributed by atoms with Crippen LogP contribution in [0.5, 0.6) is 0 Å². The summed E-state index contributed by atoms with van der Waals surface area (Å²) >= 11 is 3.48. The van der Waals surface area contributed by atoms with Crippen molar-refractivity contribution in [1.29, 1.82) is 0 Å². The summed E-state index contributed by atoms with van der Waals surface area (Å²) in [6, 6.07) is 6.36. The Labute approximate surface area is 105 Å². The number of methoxy groups -OCH3 is 2. The molecule has 0 unspecified atom stereocenters. The smallest absolute Gasteiger partial charge is 0.169 e. The molecular formula is C12H18BrNO2. The first-order chi connectivity index (χ1) is 7.65. The maximum atomic E-state index is 5.09. The Bertz CT molecular complexity index is 307. The number of hydrogen-bond acceptors (Lipinski definition) is 3. The molecule has 1 aromatic carbocycles. The van der Waals surface area contributed by atoms with Crippen LogP contribution in [-0.4, -0.2) is 27.1 Å². The molecule has 0 fully saturated rings. The Morgan fingerprint density at radius 1 is 1.25 bits per heavy atom. The zero-order chi connectivity index (χ0) is 12.0. The zero-order valence-electron chi connectivity index (χ0n) is 9.92. The van der Waals surface area contributed by atoms with Gasteiger partial charge in [-0.25, -0.2) is 0 Å². The summed E-state index contributed by atoms with van der Waals surface area (Å²) in [6.45, 7) is 3.57. The monoisotopic (exact) mass is 287 g/mol. The summed E-state index contributed by atoms with van der Waals surface area (Å²) in [5.74, 6) is 0. The van der Waals surface area contributed by atoms with E-state index < -0.39 is 0 Å². The van der Waals surface area contributed by atoms with Gasteiger partial charge >= 0.3 is 0 Å². The van der Waals surface area contributed by atoms with E-state index >= 15 is 0 Å². The van der Waals surface area contributed by atoms with E-state index in [0.717, 1.165) is 11.0 Å². The van der Waals surface area contributed by atoms with Gasteiger partial charge in [0.25, 0.3) is 0 Å². The van der Waals surface area contributed by atoms with Crippen molar-refractivity contribution in [3.05, 3.63) is 33.8 Å². The molecule has 90 valence electrons. The molecule has 0 saturated carbocycles. The quantitative estimate of drug-likeness (QED) is 0.816. The predicted molar refractivity (Wildman–Crippen MR) is 68.4 cm³/mol. The van der Waals surface area contributed by atoms with E-state index in [-0.39, 0.29) is 6.29 Å². The van der Waals surface area contributed by atoms with Gasteiger partial charge in [0.15, 0.2) is 6.29 Å². The molecule has 0 aliphatic rings. The second kappa shape index (κ2) is 7.01. The highest BCUT2D eigenvalue weighted by atomic mass is 79.9. The van der Waals surface area contributed by atoms with Crippen molar-refractivity contribution in [3.63, 3.8) is 0 Å². The van der Waals surface area contributed by atoms with Crippen LogP contribution in [0.1, 0.15) is 11.1 Å². The Morgan fingerprint density at radius 2 is 1.94 bits per heavy atom. The molecule has 4 heteroatoms. The first-order valence-corrected chi connectivity index (χ1v) is 5.97. The Balaban J connectivity index is 2.42. The number of ether oxygens (including phenoxy) is 2. The molecule has 1 aromatic rings. The van der Waals surface area contributed by atoms with Crippen molar-refractivity contribution < 1.29 is 9.47 Å². The summed E-state index contributed by atoms with van der Waals surface area (Å²) in [5.41, 5.74) is 2.50. The van der Waals surface area contributed by atoms with E-state index in [4.69, 9.17) is 9.47 Å². The first-order valence-electron chi connectivity index (χ1n) is 5.18. The third-order valence-corrected chi connectivity index (χ3v) is 2.73. The minimum atomic E-state index is -0.187. The Kier molecular flexibility index (Phi) is 5.98. The van der Waals surface area contributed by atoms with Crippen LogP contribution < -0.4 is 5.32 Å². The molecule has 0 saturated heterocycles. The normalized spacial score (nSPS) is 11.1. The number of hydrogen-bond donors (Lipinski definition) is 1. The van der Waals surface area contributed by atoms with Crippen LogP contribution in [-0.2, 0) is 16.0 Å². The van der Waals surface area contributed by atoms with Crippen molar-refractivity contribution in [3.8, 4) is 0 Å². The summed E-state index contributed by atoms with van der Waals surface area (Å²) < 4.78 is 11.3. The van der Waals surface area contributed by atoms with Crippen LogP contribution in [0.4, 0.5) is 0 Å². The van der Waals surface area contributed by atoms with Crippen LogP contribution in [0.3, 0.4) is 0 Å². The van der Waals surface area contributed by atoms with Gasteiger partial charge in [-0.05, 0) is 30.2 Å². The highest BCUT2D eigenvalue weighted by Crippen LogP contribution is 2.15. The average Bonchev–Trinajstić information content (AvgIpc) is 2.23. The van der Waals surface area contributed by atoms with Gasteiger partial charge in [0, 0.05) is 31.8 Å². The van der Waals surface area contributed by atoms with E-state index in [1.54, 1.807) is 14.2 Å². The number of rotatable bonds is 6. The molecule has 0 aliphatic heterocycles. The maximum absolute atomic E-state index is 5.09. The molecule has 1 rings (SSSR count). The van der Waals surface area contributed by atoms with Crippen LogP contribution in [0, 0.1) is 6.92 Å². The number of aryl methyl sites for hydroxylation is 1. The maximum Gasteiger partial charge on any atom is 0.169 e. The van der Waals surface area contributed by atoms with Crippen LogP contribution in [0.15, 0.2) is 22.7 Å². The summed E-state index contributed by atoms with van der Waals surface area (Å²) in [4.78, 5) is 0. The largest absolute Gasteiger partial charge is 0.355 e. The minimum absolute atomic E-state index is 0.187. The summed E-state index contributed by atoms with van der Waals surface area (Å²) in [6.07, 6.45) is -0.187. The highest BCUT2D eigenvalue weighted by Gasteiger charge is 2.03. The fraction of sp³-hybridized carbons (Fsp3) is 0.500. The van der Waals surface area contributed by atoms with E-state index in [9.17, 15) is 0 Å². The van der Waals surface area contributed by atoms with Crippen molar-refractivity contribution in [1.82, 2.24) is 5.32 Å². The lowest BCUT2D eigenvalue weighted by Gasteiger charge is -2.14. The van der Waals surface area contributed by atoms with Gasteiger partial charge in [-0.3, -0.25) is 0 Å². The first kappa shape index (κ1) is 13.6. The van der Waals surface area contributed by atoms with Crippen molar-refractivity contribution in [2.24, 2.45) is 0 Å². The molecule has 0 aliphatic carbocycles. The Morgan fingerprint density at radius 3 is 2.50 bits per heavy atom. The van der Waals surface area contributed by atoms with Gasteiger partial charge in [0.05, 0.1) is 0 Å². The summed E-state index contributed by atoms with van der Waals surface area (Å²) in [5, 5.41) is 3.29. The SMILES string of the molecule is COC(CNCc1cc(C)cc(Br)c1)OC. The topological polar surface area (TPSA) is 30.5 Å². The standard InChI is InChI=1S/C12H18BrNO2/c1-9-4-10(6-11(13)5-9)7-14-8-12(15-2)16-3/h4-6,12,14H,7-8H2,1-3H3. The molecule has 0 heterocycles. The van der Waals surface area contributed by atoms with Gasteiger partial charge < -0.3 is 14.8 Å². The van der Waals surface area contributed by atoms with Gasteiger partial charge in [0.2, 0.25) is 0 Å². The van der Waals surface area contributed by atoms with E-state index in [1.807, 2.05) is 0 Å². The second-order valence-electron chi connectivity index (χ2n) is 3.67. The van der Waals surface area contributed by atoms with Gasteiger partial charge in [-0.1, -0.05) is 22.0 Å². The lowest BCUT2D eigenvalue weighted by molar-refractivity contribution is -0.0989. The minimum Gasteiger partial charge on any atom is -0.355 e. The molecular weight excluding hydrogens is 270 g/mol. The fourth-order valence-electron chi connectivity index (χ4n) is 1.51. The zero-order valence-corrected chi connectivity index (χ0v) is 11.5. The van der Waals surface area contributed by atoms with Crippen LogP contribution in [0.2, 0.25) is 0 Å².